The van der Waals surface area contributed by atoms with E-state index in [9.17, 15) is 9.59 Å². The maximum atomic E-state index is 13.3. The number of fused-ring (bicyclic) bond motifs is 3. The van der Waals surface area contributed by atoms with E-state index in [0.29, 0.717) is 11.6 Å². The van der Waals surface area contributed by atoms with Crippen molar-refractivity contribution in [3.8, 4) is 21.7 Å². The molecular weight excluding hydrogens is 480 g/mol. The summed E-state index contributed by atoms with van der Waals surface area (Å²) in [6.07, 6.45) is -0.234. The van der Waals surface area contributed by atoms with Crippen LogP contribution in [0.25, 0.3) is 21.7 Å². The number of carboxylic acids is 1. The van der Waals surface area contributed by atoms with Gasteiger partial charge >= 0.3 is 12.1 Å². The second-order valence-electron chi connectivity index (χ2n) is 8.38. The maximum Gasteiger partial charge on any atom is 0.416 e. The van der Waals surface area contributed by atoms with Crippen molar-refractivity contribution in [3.05, 3.63) is 82.0 Å². The van der Waals surface area contributed by atoms with Crippen molar-refractivity contribution in [2.45, 2.75) is 25.7 Å². The summed E-state index contributed by atoms with van der Waals surface area (Å²) in [6.45, 7) is 2.46. The molecule has 2 heterocycles. The fraction of sp³-hybridized carbons (Fsp3) is 0.222. The normalized spacial score (nSPS) is 12.3. The summed E-state index contributed by atoms with van der Waals surface area (Å²) >= 11 is 3.00. The zero-order chi connectivity index (χ0) is 24.4. The van der Waals surface area contributed by atoms with Gasteiger partial charge in [-0.25, -0.2) is 9.78 Å². The molecule has 5 rings (SSSR count). The lowest BCUT2D eigenvalue weighted by Crippen LogP contribution is -2.33. The summed E-state index contributed by atoms with van der Waals surface area (Å²) in [5.41, 5.74) is 5.42. The fourth-order valence-corrected chi connectivity index (χ4v) is 6.14. The van der Waals surface area contributed by atoms with Crippen LogP contribution in [0.2, 0.25) is 0 Å². The Morgan fingerprint density at radius 1 is 1.03 bits per heavy atom. The van der Waals surface area contributed by atoms with Gasteiger partial charge in [0.1, 0.15) is 6.61 Å². The van der Waals surface area contributed by atoms with Crippen molar-refractivity contribution >= 4 is 39.9 Å². The second-order valence-corrected chi connectivity index (χ2v) is 10.5. The number of thiophene rings is 1. The molecule has 0 spiro atoms. The zero-order valence-corrected chi connectivity index (χ0v) is 20.8. The Morgan fingerprint density at radius 2 is 1.71 bits per heavy atom. The maximum absolute atomic E-state index is 13.3. The first-order valence-electron chi connectivity index (χ1n) is 11.4. The molecule has 0 atom stereocenters. The van der Waals surface area contributed by atoms with Crippen LogP contribution in [0.4, 0.5) is 9.93 Å². The Hall–Kier alpha value is -3.49. The summed E-state index contributed by atoms with van der Waals surface area (Å²) in [4.78, 5) is 32.7. The number of rotatable bonds is 8. The molecule has 0 unspecified atom stereocenters. The SMILES string of the molecule is Cc1ccc(-c2csc(N(CCCC(=O)O)C(=O)OCC3c4ccccc4-c4ccccc43)n2)s1. The molecule has 2 aromatic carbocycles. The second kappa shape index (κ2) is 10.0. The van der Waals surface area contributed by atoms with E-state index in [-0.39, 0.29) is 25.5 Å². The molecule has 1 aliphatic carbocycles. The number of hydrogen-bond donors (Lipinski definition) is 1. The minimum absolute atomic E-state index is 0.0322. The third kappa shape index (κ3) is 4.85. The number of aryl methyl sites for hydroxylation is 1. The molecular formula is C27H24N2O4S2. The number of nitrogens with zero attached hydrogens (tertiary/aromatic N) is 2. The van der Waals surface area contributed by atoms with Crippen LogP contribution >= 0.6 is 22.7 Å². The summed E-state index contributed by atoms with van der Waals surface area (Å²) in [7, 11) is 0. The van der Waals surface area contributed by atoms with Gasteiger partial charge in [0.25, 0.3) is 0 Å². The highest BCUT2D eigenvalue weighted by Gasteiger charge is 2.30. The Bertz CT molecular complexity index is 1330. The van der Waals surface area contributed by atoms with Gasteiger partial charge in [0, 0.05) is 29.1 Å². The molecule has 2 aromatic heterocycles. The highest BCUT2D eigenvalue weighted by Crippen LogP contribution is 2.44. The van der Waals surface area contributed by atoms with E-state index in [4.69, 9.17) is 9.84 Å². The Morgan fingerprint density at radius 3 is 2.34 bits per heavy atom. The van der Waals surface area contributed by atoms with Crippen molar-refractivity contribution in [2.75, 3.05) is 18.1 Å². The molecule has 0 saturated carbocycles. The van der Waals surface area contributed by atoms with Gasteiger partial charge < -0.3 is 9.84 Å². The van der Waals surface area contributed by atoms with Gasteiger partial charge in [-0.1, -0.05) is 48.5 Å². The predicted molar refractivity (Wildman–Crippen MR) is 139 cm³/mol. The van der Waals surface area contributed by atoms with E-state index in [1.165, 1.54) is 32.2 Å². The molecule has 8 heteroatoms. The Kier molecular flexibility index (Phi) is 6.66. The summed E-state index contributed by atoms with van der Waals surface area (Å²) in [5.74, 6) is -0.945. The first kappa shape index (κ1) is 23.3. The van der Waals surface area contributed by atoms with E-state index in [1.807, 2.05) is 48.7 Å². The van der Waals surface area contributed by atoms with E-state index in [2.05, 4.69) is 29.2 Å². The van der Waals surface area contributed by atoms with Crippen LogP contribution in [0.5, 0.6) is 0 Å². The van der Waals surface area contributed by atoms with Gasteiger partial charge in [0.2, 0.25) is 0 Å². The molecule has 0 fully saturated rings. The molecule has 0 bridgehead atoms. The molecule has 0 aliphatic heterocycles. The van der Waals surface area contributed by atoms with Gasteiger partial charge in [-0.2, -0.15) is 0 Å². The number of carbonyl (C=O) groups excluding carboxylic acids is 1. The molecule has 4 aromatic rings. The molecule has 178 valence electrons. The van der Waals surface area contributed by atoms with Crippen molar-refractivity contribution in [2.24, 2.45) is 0 Å². The average molecular weight is 505 g/mol. The summed E-state index contributed by atoms with van der Waals surface area (Å²) in [5, 5.41) is 11.5. The standard InChI is InChI=1S/C27H24N2O4S2/c1-17-12-13-24(35-17)23-16-34-26(28-23)29(14-6-11-25(30)31)27(32)33-15-22-20-9-4-2-7-18(20)19-8-3-5-10-21(19)22/h2-5,7-10,12-13,16,22H,6,11,14-15H2,1H3,(H,30,31). The molecule has 1 amide bonds. The van der Waals surface area contributed by atoms with Crippen molar-refractivity contribution in [1.29, 1.82) is 0 Å². The number of carboxylic acid groups (broad SMARTS) is 1. The monoisotopic (exact) mass is 504 g/mol. The van der Waals surface area contributed by atoms with E-state index in [0.717, 1.165) is 21.7 Å². The van der Waals surface area contributed by atoms with Crippen LogP contribution in [-0.2, 0) is 9.53 Å². The van der Waals surface area contributed by atoms with E-state index >= 15 is 0 Å². The smallest absolute Gasteiger partial charge is 0.416 e. The number of thiazole rings is 1. The van der Waals surface area contributed by atoms with Crippen LogP contribution in [0.1, 0.15) is 34.8 Å². The molecule has 0 radical (unpaired) electrons. The minimum Gasteiger partial charge on any atom is -0.481 e. The highest BCUT2D eigenvalue weighted by molar-refractivity contribution is 7.17. The minimum atomic E-state index is -0.897. The average Bonchev–Trinajstić information content (AvgIpc) is 3.58. The van der Waals surface area contributed by atoms with Crippen molar-refractivity contribution in [3.63, 3.8) is 0 Å². The highest BCUT2D eigenvalue weighted by atomic mass is 32.1. The largest absolute Gasteiger partial charge is 0.481 e. The van der Waals surface area contributed by atoms with E-state index in [1.54, 1.807) is 11.3 Å². The quantitative estimate of drug-likeness (QED) is 0.285. The molecule has 1 N–H and O–H groups in total. The van der Waals surface area contributed by atoms with Crippen LogP contribution < -0.4 is 4.90 Å². The number of carbonyl (C=O) groups is 2. The molecule has 35 heavy (non-hydrogen) atoms. The predicted octanol–water partition coefficient (Wildman–Crippen LogP) is 6.80. The fourth-order valence-electron chi connectivity index (χ4n) is 4.40. The third-order valence-electron chi connectivity index (χ3n) is 6.04. The molecule has 0 saturated heterocycles. The number of ether oxygens (including phenoxy) is 1. The molecule has 1 aliphatic rings. The lowest BCUT2D eigenvalue weighted by Gasteiger charge is -2.21. The summed E-state index contributed by atoms with van der Waals surface area (Å²) < 4.78 is 5.84. The number of aromatic nitrogens is 1. The summed E-state index contributed by atoms with van der Waals surface area (Å²) in [6, 6.07) is 20.4. The van der Waals surface area contributed by atoms with Gasteiger partial charge in [-0.05, 0) is 47.7 Å². The Balaban J connectivity index is 1.36. The van der Waals surface area contributed by atoms with Crippen molar-refractivity contribution in [1.82, 2.24) is 4.98 Å². The van der Waals surface area contributed by atoms with Gasteiger partial charge in [-0.3, -0.25) is 9.69 Å². The van der Waals surface area contributed by atoms with Gasteiger partial charge in [0.15, 0.2) is 5.13 Å². The lowest BCUT2D eigenvalue weighted by atomic mass is 9.98. The molecule has 6 nitrogen and oxygen atoms in total. The van der Waals surface area contributed by atoms with Crippen molar-refractivity contribution < 1.29 is 19.4 Å². The first-order chi connectivity index (χ1) is 17.0. The zero-order valence-electron chi connectivity index (χ0n) is 19.1. The number of aliphatic carboxylic acids is 1. The third-order valence-corrected chi connectivity index (χ3v) is 7.93. The topological polar surface area (TPSA) is 79.7 Å². The lowest BCUT2D eigenvalue weighted by molar-refractivity contribution is -0.137. The number of hydrogen-bond acceptors (Lipinski definition) is 6. The van der Waals surface area contributed by atoms with Crippen LogP contribution in [-0.4, -0.2) is 35.3 Å². The van der Waals surface area contributed by atoms with Crippen LogP contribution in [0, 0.1) is 6.92 Å². The number of amides is 1. The van der Waals surface area contributed by atoms with Crippen LogP contribution in [0.3, 0.4) is 0 Å². The number of anilines is 1. The van der Waals surface area contributed by atoms with Crippen LogP contribution in [0.15, 0.2) is 66.0 Å². The van der Waals surface area contributed by atoms with Gasteiger partial charge in [0.05, 0.1) is 10.6 Å². The Labute approximate surface area is 211 Å². The van der Waals surface area contributed by atoms with Gasteiger partial charge in [-0.15, -0.1) is 22.7 Å². The number of benzene rings is 2. The first-order valence-corrected chi connectivity index (χ1v) is 13.1. The van der Waals surface area contributed by atoms with E-state index < -0.39 is 12.1 Å².